The van der Waals surface area contributed by atoms with Gasteiger partial charge in [-0.3, -0.25) is 0 Å². The molecule has 16 heteroatoms. The van der Waals surface area contributed by atoms with E-state index >= 15 is 0 Å². The molecule has 0 radical (unpaired) electrons. The number of benzene rings is 1. The third-order valence-electron chi connectivity index (χ3n) is 2.34. The molecule has 2 aromatic rings. The first-order valence-corrected chi connectivity index (χ1v) is 8.94. The Bertz CT molecular complexity index is 969. The average Bonchev–Trinajstić information content (AvgIpc) is 2.35. The fraction of sp³-hybridized carbons (Fsp3) is 0. The summed E-state index contributed by atoms with van der Waals surface area (Å²) in [6.07, 6.45) is 0. The van der Waals surface area contributed by atoms with Crippen molar-refractivity contribution in [1.29, 1.82) is 0 Å². The van der Waals surface area contributed by atoms with Crippen LogP contribution in [0.3, 0.4) is 0 Å². The molecule has 0 saturated carbocycles. The Morgan fingerprint density at radius 3 is 1.84 bits per heavy atom. The van der Waals surface area contributed by atoms with Gasteiger partial charge in [0.25, 0.3) is 0 Å². The van der Waals surface area contributed by atoms with Gasteiger partial charge in [-0.25, -0.2) is 16.8 Å². The van der Waals surface area contributed by atoms with Crippen molar-refractivity contribution in [1.82, 2.24) is 15.0 Å². The van der Waals surface area contributed by atoms with Crippen LogP contribution in [-0.4, -0.2) is 40.9 Å². The van der Waals surface area contributed by atoms with E-state index in [9.17, 15) is 25.9 Å². The SMILES string of the molecule is O=S(=O)([O-])c1ccc(Nc2nc(Cl)nc(Cl)n2)c(S(=O)(=O)[O-])c1.[Na+].[Na+]. The molecule has 0 amide bonds. The Morgan fingerprint density at radius 2 is 1.40 bits per heavy atom. The molecule has 0 fully saturated rings. The van der Waals surface area contributed by atoms with E-state index in [0.717, 1.165) is 12.1 Å². The van der Waals surface area contributed by atoms with E-state index in [1.165, 1.54) is 0 Å². The van der Waals surface area contributed by atoms with Crippen molar-refractivity contribution < 1.29 is 85.1 Å². The van der Waals surface area contributed by atoms with Gasteiger partial charge in [0.15, 0.2) is 0 Å². The van der Waals surface area contributed by atoms with E-state index < -0.39 is 30.0 Å². The fourth-order valence-electron chi connectivity index (χ4n) is 1.47. The molecule has 0 bridgehead atoms. The molecule has 0 aliphatic heterocycles. The standard InChI is InChI=1S/C9H6Cl2N4O6S2.2Na/c10-7-13-8(11)15-9(14-7)12-5-2-1-4(22(16,17)18)3-6(5)23(19,20)21;;/h1-3H,(H,16,17,18)(H,19,20,21)(H,12,13,14,15);;/q;2*+1/p-2. The summed E-state index contributed by atoms with van der Waals surface area (Å²) >= 11 is 11.1. The monoisotopic (exact) mass is 444 g/mol. The van der Waals surface area contributed by atoms with Gasteiger partial charge in [-0.05, 0) is 41.4 Å². The zero-order valence-electron chi connectivity index (χ0n) is 12.6. The molecule has 0 saturated heterocycles. The second kappa shape index (κ2) is 9.57. The zero-order chi connectivity index (χ0) is 17.4. The van der Waals surface area contributed by atoms with Crippen LogP contribution in [-0.2, 0) is 20.2 Å². The Hall–Kier alpha value is 0.430. The summed E-state index contributed by atoms with van der Waals surface area (Å²) in [5, 5.41) is 1.72. The molecule has 0 atom stereocenters. The van der Waals surface area contributed by atoms with Gasteiger partial charge in [0.2, 0.25) is 16.5 Å². The smallest absolute Gasteiger partial charge is 0.744 e. The molecule has 1 aromatic heterocycles. The molecule has 1 N–H and O–H groups in total. The van der Waals surface area contributed by atoms with Gasteiger partial charge in [-0.1, -0.05) is 0 Å². The number of hydrogen-bond donors (Lipinski definition) is 1. The number of nitrogens with zero attached hydrogens (tertiary/aromatic N) is 3. The molecule has 124 valence electrons. The summed E-state index contributed by atoms with van der Waals surface area (Å²) in [7, 11) is -10.1. The zero-order valence-corrected chi connectivity index (χ0v) is 19.7. The first-order chi connectivity index (χ1) is 10.5. The number of anilines is 2. The number of halogens is 2. The van der Waals surface area contributed by atoms with Crippen LogP contribution in [0, 0.1) is 0 Å². The van der Waals surface area contributed by atoms with E-state index in [1.54, 1.807) is 0 Å². The van der Waals surface area contributed by atoms with Gasteiger partial charge >= 0.3 is 59.1 Å². The van der Waals surface area contributed by atoms with Gasteiger partial charge in [0.05, 0.1) is 15.5 Å². The van der Waals surface area contributed by atoms with Gasteiger partial charge in [0, 0.05) is 0 Å². The maximum Gasteiger partial charge on any atom is 1.00 e. The predicted octanol–water partition coefficient (Wildman–Crippen LogP) is -5.26. The summed E-state index contributed by atoms with van der Waals surface area (Å²) in [4.78, 5) is 8.78. The minimum atomic E-state index is -5.11. The van der Waals surface area contributed by atoms with E-state index in [2.05, 4.69) is 20.3 Å². The van der Waals surface area contributed by atoms with Crippen molar-refractivity contribution in [2.75, 3.05) is 5.32 Å². The van der Waals surface area contributed by atoms with Crippen LogP contribution >= 0.6 is 23.2 Å². The summed E-state index contributed by atoms with van der Waals surface area (Å²) in [5.74, 6) is -0.294. The van der Waals surface area contributed by atoms with Crippen molar-refractivity contribution >= 4 is 55.1 Å². The fourth-order valence-corrected chi connectivity index (χ4v) is 3.07. The largest absolute Gasteiger partial charge is 1.00 e. The maximum atomic E-state index is 11.3. The molecular formula is C9H4Cl2N4Na2O6S2. The molecular weight excluding hydrogens is 441 g/mol. The van der Waals surface area contributed by atoms with Crippen LogP contribution in [0.4, 0.5) is 11.6 Å². The Kier molecular flexibility index (Phi) is 9.74. The molecule has 0 spiro atoms. The van der Waals surface area contributed by atoms with Crippen molar-refractivity contribution in [3.63, 3.8) is 0 Å². The molecule has 0 unspecified atom stereocenters. The predicted molar refractivity (Wildman–Crippen MR) is 75.5 cm³/mol. The van der Waals surface area contributed by atoms with Crippen LogP contribution in [0.5, 0.6) is 0 Å². The number of nitrogens with one attached hydrogen (secondary N) is 1. The van der Waals surface area contributed by atoms with Gasteiger partial charge < -0.3 is 14.4 Å². The topological polar surface area (TPSA) is 165 Å². The van der Waals surface area contributed by atoms with Crippen molar-refractivity contribution in [3.8, 4) is 0 Å². The Labute approximate surface area is 196 Å². The third-order valence-corrected chi connectivity index (χ3v) is 4.38. The number of hydrogen-bond acceptors (Lipinski definition) is 10. The average molecular weight is 445 g/mol. The number of rotatable bonds is 4. The molecule has 0 aliphatic carbocycles. The van der Waals surface area contributed by atoms with E-state index in [0.29, 0.717) is 6.07 Å². The first-order valence-electron chi connectivity index (χ1n) is 5.37. The molecule has 0 aliphatic rings. The van der Waals surface area contributed by atoms with Crippen LogP contribution < -0.4 is 64.4 Å². The minimum absolute atomic E-state index is 0. The molecule has 1 aromatic carbocycles. The van der Waals surface area contributed by atoms with Gasteiger partial charge in [0.1, 0.15) is 20.2 Å². The maximum absolute atomic E-state index is 11.3. The van der Waals surface area contributed by atoms with Gasteiger partial charge in [-0.15, -0.1) is 0 Å². The summed E-state index contributed by atoms with van der Waals surface area (Å²) in [6, 6.07) is 2.13. The van der Waals surface area contributed by atoms with Crippen LogP contribution in [0.1, 0.15) is 0 Å². The molecule has 10 nitrogen and oxygen atoms in total. The van der Waals surface area contributed by atoms with E-state index in [4.69, 9.17) is 23.2 Å². The second-order valence-electron chi connectivity index (χ2n) is 3.89. The van der Waals surface area contributed by atoms with E-state index in [1.807, 2.05) is 0 Å². The van der Waals surface area contributed by atoms with Crippen LogP contribution in [0.15, 0.2) is 28.0 Å². The summed E-state index contributed by atoms with van der Waals surface area (Å²) in [5.41, 5.74) is -0.370. The van der Waals surface area contributed by atoms with Crippen LogP contribution in [0.25, 0.3) is 0 Å². The summed E-state index contributed by atoms with van der Waals surface area (Å²) in [6.45, 7) is 0. The minimum Gasteiger partial charge on any atom is -0.744 e. The Balaban J connectivity index is 0.00000288. The molecule has 1 heterocycles. The Morgan fingerprint density at radius 1 is 0.880 bits per heavy atom. The van der Waals surface area contributed by atoms with Gasteiger partial charge in [-0.2, -0.15) is 15.0 Å². The van der Waals surface area contributed by atoms with Crippen molar-refractivity contribution in [3.05, 3.63) is 28.8 Å². The quantitative estimate of drug-likeness (QED) is 0.355. The second-order valence-corrected chi connectivity index (χ2v) is 7.29. The molecule has 2 rings (SSSR count). The third kappa shape index (κ3) is 7.16. The number of aromatic nitrogens is 3. The van der Waals surface area contributed by atoms with Crippen molar-refractivity contribution in [2.24, 2.45) is 0 Å². The molecule has 25 heavy (non-hydrogen) atoms. The van der Waals surface area contributed by atoms with Crippen molar-refractivity contribution in [2.45, 2.75) is 9.79 Å². The van der Waals surface area contributed by atoms with E-state index in [-0.39, 0.29) is 81.3 Å². The normalized spacial score (nSPS) is 11.2. The van der Waals surface area contributed by atoms with Crippen LogP contribution in [0.2, 0.25) is 10.6 Å². The first kappa shape index (κ1) is 25.4. The summed E-state index contributed by atoms with van der Waals surface area (Å²) < 4.78 is 66.6.